The van der Waals surface area contributed by atoms with Gasteiger partial charge in [0.25, 0.3) is 0 Å². The van der Waals surface area contributed by atoms with Gasteiger partial charge in [0.2, 0.25) is 5.95 Å². The molecule has 0 saturated heterocycles. The molecule has 3 N–H and O–H groups in total. The van der Waals surface area contributed by atoms with Gasteiger partial charge in [0.05, 0.1) is 23.5 Å². The predicted molar refractivity (Wildman–Crippen MR) is 104 cm³/mol. The maximum Gasteiger partial charge on any atom is 0.337 e. The molecule has 0 radical (unpaired) electrons. The number of aromatic nitrogens is 2. The Bertz CT molecular complexity index is 959. The Morgan fingerprint density at radius 2 is 1.74 bits per heavy atom. The van der Waals surface area contributed by atoms with Gasteiger partial charge in [0, 0.05) is 11.8 Å². The van der Waals surface area contributed by atoms with E-state index in [9.17, 15) is 9.90 Å². The molecule has 1 heterocycles. The molecule has 2 aromatic carbocycles. The smallest absolute Gasteiger partial charge is 0.337 e. The molecule has 0 spiro atoms. The molecule has 0 fully saturated rings. The fourth-order valence-electron chi connectivity index (χ4n) is 2.58. The van der Waals surface area contributed by atoms with Crippen molar-refractivity contribution in [3.05, 3.63) is 65.9 Å². The Morgan fingerprint density at radius 3 is 2.48 bits per heavy atom. The predicted octanol–water partition coefficient (Wildman–Crippen LogP) is 4.37. The standard InChI is InChI=1S/C20H20N4O3/c1-3-27-17-11-7-6-10-16(17)23-20-21-13(2)12-18(24-20)22-15-9-5-4-8-14(15)19(25)26/h4-12H,3H2,1-2H3,(H,25,26)(H2,21,22,23,24). The fraction of sp³-hybridized carbons (Fsp3) is 0.150. The number of carboxylic acid groups (broad SMARTS) is 1. The van der Waals surface area contributed by atoms with E-state index in [2.05, 4.69) is 20.6 Å². The van der Waals surface area contributed by atoms with Crippen LogP contribution in [0.5, 0.6) is 5.75 Å². The molecule has 3 aromatic rings. The van der Waals surface area contributed by atoms with Gasteiger partial charge < -0.3 is 20.5 Å². The third kappa shape index (κ3) is 4.52. The van der Waals surface area contributed by atoms with Crippen LogP contribution >= 0.6 is 0 Å². The van der Waals surface area contributed by atoms with Crippen LogP contribution in [0.3, 0.4) is 0 Å². The van der Waals surface area contributed by atoms with E-state index in [0.29, 0.717) is 29.8 Å². The van der Waals surface area contributed by atoms with Crippen molar-refractivity contribution >= 4 is 29.1 Å². The molecule has 138 valence electrons. The zero-order valence-corrected chi connectivity index (χ0v) is 15.1. The Kier molecular flexibility index (Phi) is 5.51. The average Bonchev–Trinajstić information content (AvgIpc) is 2.63. The Labute approximate surface area is 157 Å². The molecular weight excluding hydrogens is 344 g/mol. The number of rotatable bonds is 7. The van der Waals surface area contributed by atoms with E-state index >= 15 is 0 Å². The number of nitrogens with one attached hydrogen (secondary N) is 2. The third-order valence-electron chi connectivity index (χ3n) is 3.71. The molecule has 0 saturated carbocycles. The molecule has 0 aliphatic rings. The molecule has 7 nitrogen and oxygen atoms in total. The summed E-state index contributed by atoms with van der Waals surface area (Å²) in [7, 11) is 0. The van der Waals surface area contributed by atoms with Crippen LogP contribution < -0.4 is 15.4 Å². The van der Waals surface area contributed by atoms with E-state index in [1.165, 1.54) is 6.07 Å². The van der Waals surface area contributed by atoms with Gasteiger partial charge in [0.1, 0.15) is 11.6 Å². The summed E-state index contributed by atoms with van der Waals surface area (Å²) in [5.74, 6) is 0.578. The van der Waals surface area contributed by atoms with Gasteiger partial charge in [-0.15, -0.1) is 0 Å². The largest absolute Gasteiger partial charge is 0.492 e. The number of aryl methyl sites for hydroxylation is 1. The highest BCUT2D eigenvalue weighted by Gasteiger charge is 2.11. The zero-order valence-electron chi connectivity index (χ0n) is 15.1. The van der Waals surface area contributed by atoms with Crippen LogP contribution in [0.15, 0.2) is 54.6 Å². The summed E-state index contributed by atoms with van der Waals surface area (Å²) in [5.41, 5.74) is 2.12. The van der Waals surface area contributed by atoms with Crippen LogP contribution in [0.25, 0.3) is 0 Å². The number of aromatic carboxylic acids is 1. The molecule has 7 heteroatoms. The third-order valence-corrected chi connectivity index (χ3v) is 3.71. The lowest BCUT2D eigenvalue weighted by Crippen LogP contribution is -2.06. The maximum atomic E-state index is 11.4. The van der Waals surface area contributed by atoms with Crippen LogP contribution in [0, 0.1) is 6.92 Å². The topological polar surface area (TPSA) is 96.4 Å². The van der Waals surface area contributed by atoms with Crippen LogP contribution in [0.1, 0.15) is 23.0 Å². The first-order valence-electron chi connectivity index (χ1n) is 8.50. The van der Waals surface area contributed by atoms with Crippen LogP contribution in [-0.2, 0) is 0 Å². The second kappa shape index (κ2) is 8.18. The van der Waals surface area contributed by atoms with Crippen LogP contribution in [-0.4, -0.2) is 27.7 Å². The summed E-state index contributed by atoms with van der Waals surface area (Å²) in [6.07, 6.45) is 0. The molecule has 1 aromatic heterocycles. The molecule has 0 aliphatic heterocycles. The van der Waals surface area contributed by atoms with E-state index < -0.39 is 5.97 Å². The number of carboxylic acids is 1. The van der Waals surface area contributed by atoms with Gasteiger partial charge >= 0.3 is 5.97 Å². The lowest BCUT2D eigenvalue weighted by Gasteiger charge is -2.13. The molecule has 0 atom stereocenters. The lowest BCUT2D eigenvalue weighted by molar-refractivity contribution is 0.0698. The fourth-order valence-corrected chi connectivity index (χ4v) is 2.58. The van der Waals surface area contributed by atoms with E-state index in [1.807, 2.05) is 38.1 Å². The summed E-state index contributed by atoms with van der Waals surface area (Å²) in [6, 6.07) is 15.9. The Balaban J connectivity index is 1.89. The van der Waals surface area contributed by atoms with Crippen molar-refractivity contribution < 1.29 is 14.6 Å². The minimum absolute atomic E-state index is 0.171. The monoisotopic (exact) mass is 364 g/mol. The summed E-state index contributed by atoms with van der Waals surface area (Å²) >= 11 is 0. The zero-order chi connectivity index (χ0) is 19.2. The van der Waals surface area contributed by atoms with E-state index in [1.54, 1.807) is 24.3 Å². The molecule has 0 amide bonds. The highest BCUT2D eigenvalue weighted by Crippen LogP contribution is 2.27. The van der Waals surface area contributed by atoms with Gasteiger partial charge in [-0.2, -0.15) is 4.98 Å². The summed E-state index contributed by atoms with van der Waals surface area (Å²) in [6.45, 7) is 4.31. The molecule has 27 heavy (non-hydrogen) atoms. The van der Waals surface area contributed by atoms with Gasteiger partial charge in [-0.1, -0.05) is 24.3 Å². The second-order valence-electron chi connectivity index (χ2n) is 5.75. The first kappa shape index (κ1) is 18.2. The number of ether oxygens (including phenoxy) is 1. The summed E-state index contributed by atoms with van der Waals surface area (Å²) < 4.78 is 5.61. The summed E-state index contributed by atoms with van der Waals surface area (Å²) in [5, 5.41) is 15.5. The molecule has 0 bridgehead atoms. The Morgan fingerprint density at radius 1 is 1.04 bits per heavy atom. The highest BCUT2D eigenvalue weighted by molar-refractivity contribution is 5.95. The highest BCUT2D eigenvalue weighted by atomic mass is 16.5. The van der Waals surface area contributed by atoms with E-state index in [-0.39, 0.29) is 5.56 Å². The Hall–Kier alpha value is -3.61. The molecule has 3 rings (SSSR count). The van der Waals surface area contributed by atoms with Crippen molar-refractivity contribution in [2.75, 3.05) is 17.2 Å². The number of nitrogens with zero attached hydrogens (tertiary/aromatic N) is 2. The van der Waals surface area contributed by atoms with Crippen molar-refractivity contribution in [3.8, 4) is 5.75 Å². The van der Waals surface area contributed by atoms with Gasteiger partial charge in [-0.05, 0) is 38.1 Å². The van der Waals surface area contributed by atoms with Gasteiger partial charge in [0.15, 0.2) is 0 Å². The van der Waals surface area contributed by atoms with Crippen molar-refractivity contribution in [3.63, 3.8) is 0 Å². The normalized spacial score (nSPS) is 10.3. The molecular formula is C20H20N4O3. The first-order valence-corrected chi connectivity index (χ1v) is 8.50. The SMILES string of the molecule is CCOc1ccccc1Nc1nc(C)cc(Nc2ccccc2C(=O)O)n1. The van der Waals surface area contributed by atoms with Crippen LogP contribution in [0.4, 0.5) is 23.1 Å². The second-order valence-corrected chi connectivity index (χ2v) is 5.75. The average molecular weight is 364 g/mol. The lowest BCUT2D eigenvalue weighted by atomic mass is 10.2. The maximum absolute atomic E-state index is 11.4. The van der Waals surface area contributed by atoms with Crippen molar-refractivity contribution in [1.29, 1.82) is 0 Å². The number of hydrogen-bond acceptors (Lipinski definition) is 6. The molecule has 0 unspecified atom stereocenters. The van der Waals surface area contributed by atoms with E-state index in [0.717, 1.165) is 11.4 Å². The quantitative estimate of drug-likeness (QED) is 0.573. The minimum Gasteiger partial charge on any atom is -0.492 e. The van der Waals surface area contributed by atoms with Crippen molar-refractivity contribution in [2.45, 2.75) is 13.8 Å². The minimum atomic E-state index is -1.01. The summed E-state index contributed by atoms with van der Waals surface area (Å²) in [4.78, 5) is 20.2. The number of para-hydroxylation sites is 3. The van der Waals surface area contributed by atoms with Gasteiger partial charge in [-0.3, -0.25) is 0 Å². The van der Waals surface area contributed by atoms with Gasteiger partial charge in [-0.25, -0.2) is 9.78 Å². The van der Waals surface area contributed by atoms with E-state index in [4.69, 9.17) is 4.74 Å². The number of anilines is 4. The van der Waals surface area contributed by atoms with Crippen LogP contribution in [0.2, 0.25) is 0 Å². The van der Waals surface area contributed by atoms with Crippen molar-refractivity contribution in [2.24, 2.45) is 0 Å². The number of hydrogen-bond donors (Lipinski definition) is 3. The molecule has 0 aliphatic carbocycles. The van der Waals surface area contributed by atoms with Crippen molar-refractivity contribution in [1.82, 2.24) is 9.97 Å². The first-order chi connectivity index (χ1) is 13.1. The number of carbonyl (C=O) groups is 1. The number of benzene rings is 2.